The largest absolute Gasteiger partial charge is 0.396 e. The summed E-state index contributed by atoms with van der Waals surface area (Å²) >= 11 is 1.35. The summed E-state index contributed by atoms with van der Waals surface area (Å²) in [6.45, 7) is 3.12. The van der Waals surface area contributed by atoms with Crippen molar-refractivity contribution in [2.75, 3.05) is 5.73 Å². The van der Waals surface area contributed by atoms with E-state index in [2.05, 4.69) is 9.71 Å². The van der Waals surface area contributed by atoms with Gasteiger partial charge in [-0.2, -0.15) is 0 Å². The molecule has 0 fully saturated rings. The van der Waals surface area contributed by atoms with Gasteiger partial charge in [-0.25, -0.2) is 22.5 Å². The Kier molecular flexibility index (Phi) is 4.07. The summed E-state index contributed by atoms with van der Waals surface area (Å²) < 4.78 is 40.6. The predicted molar refractivity (Wildman–Crippen MR) is 76.4 cm³/mol. The third-order valence-corrected chi connectivity index (χ3v) is 5.34. The number of nitrogens with zero attached hydrogens (tertiary/aromatic N) is 1. The molecule has 0 aliphatic heterocycles. The zero-order chi connectivity index (χ0) is 14.9. The zero-order valence-corrected chi connectivity index (χ0v) is 12.6. The molecular weight excluding hydrogens is 301 g/mol. The molecule has 0 amide bonds. The first-order chi connectivity index (χ1) is 9.33. The molecule has 5 nitrogen and oxygen atoms in total. The van der Waals surface area contributed by atoms with Crippen molar-refractivity contribution >= 4 is 27.0 Å². The number of anilines is 1. The third-order valence-electron chi connectivity index (χ3n) is 2.87. The Hall–Kier alpha value is -1.51. The molecule has 0 aliphatic carbocycles. The number of aromatic nitrogens is 1. The van der Waals surface area contributed by atoms with Crippen LogP contribution in [0.5, 0.6) is 0 Å². The van der Waals surface area contributed by atoms with Crippen LogP contribution < -0.4 is 10.5 Å². The summed E-state index contributed by atoms with van der Waals surface area (Å²) in [4.78, 5) is 4.02. The molecule has 8 heteroatoms. The lowest BCUT2D eigenvalue weighted by atomic mass is 10.1. The topological polar surface area (TPSA) is 85.1 Å². The molecule has 0 unspecified atom stereocenters. The van der Waals surface area contributed by atoms with E-state index in [-0.39, 0.29) is 22.7 Å². The van der Waals surface area contributed by atoms with Gasteiger partial charge >= 0.3 is 0 Å². The fraction of sp³-hybridized carbons (Fsp3) is 0.250. The molecule has 2 aromatic rings. The molecule has 2 rings (SSSR count). The van der Waals surface area contributed by atoms with Gasteiger partial charge in [0.25, 0.3) is 0 Å². The summed E-state index contributed by atoms with van der Waals surface area (Å²) in [5, 5.41) is 2.41. The Bertz CT molecular complexity index is 728. The lowest BCUT2D eigenvalue weighted by Crippen LogP contribution is -2.25. The second-order valence-electron chi connectivity index (χ2n) is 4.29. The highest BCUT2D eigenvalue weighted by molar-refractivity contribution is 7.89. The van der Waals surface area contributed by atoms with Crippen LogP contribution in [0.2, 0.25) is 0 Å². The normalized spacial score (nSPS) is 11.8. The molecule has 0 bridgehead atoms. The predicted octanol–water partition coefficient (Wildman–Crippen LogP) is 1.96. The highest BCUT2D eigenvalue weighted by atomic mass is 32.2. The van der Waals surface area contributed by atoms with Gasteiger partial charge in [-0.05, 0) is 31.0 Å². The Balaban J connectivity index is 2.37. The van der Waals surface area contributed by atoms with Crippen molar-refractivity contribution in [3.8, 4) is 0 Å². The van der Waals surface area contributed by atoms with E-state index in [1.807, 2.05) is 0 Å². The number of hydrogen-bond acceptors (Lipinski definition) is 5. The van der Waals surface area contributed by atoms with E-state index in [9.17, 15) is 12.8 Å². The summed E-state index contributed by atoms with van der Waals surface area (Å²) in [6, 6.07) is 1.13. The van der Waals surface area contributed by atoms with Gasteiger partial charge < -0.3 is 5.73 Å². The third kappa shape index (κ3) is 2.82. The van der Waals surface area contributed by atoms with Gasteiger partial charge in [0.05, 0.1) is 17.1 Å². The SMILES string of the molecule is Cc1cc(F)c(N)c(C)c1S(=O)(=O)NCc1nccs1. The molecule has 0 radical (unpaired) electrons. The Morgan fingerprint density at radius 3 is 2.75 bits per heavy atom. The summed E-state index contributed by atoms with van der Waals surface area (Å²) in [7, 11) is -3.77. The molecular formula is C12H14FN3O2S2. The van der Waals surface area contributed by atoms with E-state index < -0.39 is 15.8 Å². The summed E-state index contributed by atoms with van der Waals surface area (Å²) in [6.07, 6.45) is 1.60. The van der Waals surface area contributed by atoms with Crippen molar-refractivity contribution in [2.24, 2.45) is 0 Å². The van der Waals surface area contributed by atoms with Crippen LogP contribution in [0.4, 0.5) is 10.1 Å². The molecule has 0 atom stereocenters. The van der Waals surface area contributed by atoms with Crippen LogP contribution in [0.25, 0.3) is 0 Å². The van der Waals surface area contributed by atoms with Crippen LogP contribution >= 0.6 is 11.3 Å². The van der Waals surface area contributed by atoms with Crippen molar-refractivity contribution in [1.29, 1.82) is 0 Å². The molecule has 0 saturated heterocycles. The maximum atomic E-state index is 13.5. The Labute approximate surface area is 120 Å². The fourth-order valence-corrected chi connectivity index (χ4v) is 4.03. The lowest BCUT2D eigenvalue weighted by Gasteiger charge is -2.14. The molecule has 20 heavy (non-hydrogen) atoms. The minimum atomic E-state index is -3.77. The first kappa shape index (κ1) is 14.9. The fourth-order valence-electron chi connectivity index (χ4n) is 1.91. The van der Waals surface area contributed by atoms with E-state index in [0.29, 0.717) is 10.6 Å². The average Bonchev–Trinajstić information content (AvgIpc) is 2.86. The van der Waals surface area contributed by atoms with E-state index in [1.54, 1.807) is 11.6 Å². The van der Waals surface area contributed by atoms with Gasteiger partial charge in [0.1, 0.15) is 10.8 Å². The lowest BCUT2D eigenvalue weighted by molar-refractivity contribution is 0.578. The quantitative estimate of drug-likeness (QED) is 0.845. The van der Waals surface area contributed by atoms with E-state index in [4.69, 9.17) is 5.73 Å². The number of thiazole rings is 1. The smallest absolute Gasteiger partial charge is 0.241 e. The maximum absolute atomic E-state index is 13.5. The number of hydrogen-bond donors (Lipinski definition) is 2. The van der Waals surface area contributed by atoms with Gasteiger partial charge in [0, 0.05) is 11.6 Å². The van der Waals surface area contributed by atoms with Crippen molar-refractivity contribution < 1.29 is 12.8 Å². The van der Waals surface area contributed by atoms with Crippen LogP contribution in [0.3, 0.4) is 0 Å². The van der Waals surface area contributed by atoms with Gasteiger partial charge in [-0.3, -0.25) is 0 Å². The van der Waals surface area contributed by atoms with Crippen molar-refractivity contribution in [3.05, 3.63) is 39.6 Å². The Morgan fingerprint density at radius 2 is 2.15 bits per heavy atom. The molecule has 1 aromatic carbocycles. The summed E-state index contributed by atoms with van der Waals surface area (Å²) in [5.74, 6) is -0.612. The highest BCUT2D eigenvalue weighted by Gasteiger charge is 2.22. The van der Waals surface area contributed by atoms with Crippen molar-refractivity contribution in [2.45, 2.75) is 25.3 Å². The van der Waals surface area contributed by atoms with Crippen LogP contribution in [0.15, 0.2) is 22.5 Å². The molecule has 1 aromatic heterocycles. The number of halogens is 1. The number of benzene rings is 1. The van der Waals surface area contributed by atoms with E-state index in [1.165, 1.54) is 25.2 Å². The van der Waals surface area contributed by atoms with Gasteiger partial charge in [0.15, 0.2) is 0 Å². The van der Waals surface area contributed by atoms with Crippen LogP contribution in [0.1, 0.15) is 16.1 Å². The standard InChI is InChI=1S/C12H14FN3O2S2/c1-7-5-9(13)11(14)8(2)12(7)20(17,18)16-6-10-15-3-4-19-10/h3-5,16H,6,14H2,1-2H3. The van der Waals surface area contributed by atoms with E-state index in [0.717, 1.165) is 6.07 Å². The molecule has 3 N–H and O–H groups in total. The number of rotatable bonds is 4. The maximum Gasteiger partial charge on any atom is 0.241 e. The highest BCUT2D eigenvalue weighted by Crippen LogP contribution is 2.27. The number of nitrogens with one attached hydrogen (secondary N) is 1. The van der Waals surface area contributed by atoms with Crippen LogP contribution in [-0.4, -0.2) is 13.4 Å². The molecule has 0 saturated carbocycles. The number of sulfonamides is 1. The Morgan fingerprint density at radius 1 is 1.45 bits per heavy atom. The van der Waals surface area contributed by atoms with Crippen LogP contribution in [-0.2, 0) is 16.6 Å². The molecule has 0 aliphatic rings. The molecule has 1 heterocycles. The minimum Gasteiger partial charge on any atom is -0.396 e. The van der Waals surface area contributed by atoms with Crippen molar-refractivity contribution in [3.63, 3.8) is 0 Å². The molecule has 108 valence electrons. The van der Waals surface area contributed by atoms with Crippen molar-refractivity contribution in [1.82, 2.24) is 9.71 Å². The minimum absolute atomic E-state index is 0.0213. The van der Waals surface area contributed by atoms with Gasteiger partial charge in [-0.15, -0.1) is 11.3 Å². The molecule has 0 spiro atoms. The summed E-state index contributed by atoms with van der Waals surface area (Å²) in [5.41, 5.74) is 5.95. The number of nitrogen functional groups attached to an aromatic ring is 1. The number of aryl methyl sites for hydroxylation is 1. The monoisotopic (exact) mass is 315 g/mol. The van der Waals surface area contributed by atoms with E-state index >= 15 is 0 Å². The van der Waals surface area contributed by atoms with Gasteiger partial charge in [-0.1, -0.05) is 0 Å². The zero-order valence-electron chi connectivity index (χ0n) is 11.0. The number of nitrogens with two attached hydrogens (primary N) is 1. The average molecular weight is 315 g/mol. The first-order valence-electron chi connectivity index (χ1n) is 5.76. The van der Waals surface area contributed by atoms with Gasteiger partial charge in [0.2, 0.25) is 10.0 Å². The second kappa shape index (κ2) is 5.47. The first-order valence-corrected chi connectivity index (χ1v) is 8.12. The van der Waals surface area contributed by atoms with Crippen LogP contribution in [0, 0.1) is 19.7 Å². The second-order valence-corrected chi connectivity index (χ2v) is 6.98.